The topological polar surface area (TPSA) is 68.2 Å². The fourth-order valence-corrected chi connectivity index (χ4v) is 5.30. The van der Waals surface area contributed by atoms with E-state index in [1.165, 1.54) is 23.9 Å². The number of hydrogen-bond donors (Lipinski definition) is 0. The first-order chi connectivity index (χ1) is 15.3. The van der Waals surface area contributed by atoms with E-state index in [1.807, 2.05) is 6.92 Å². The minimum absolute atomic E-state index is 0.159. The van der Waals surface area contributed by atoms with Crippen molar-refractivity contribution in [3.8, 4) is 5.75 Å². The molecule has 2 aromatic carbocycles. The maximum atomic E-state index is 13.2. The van der Waals surface area contributed by atoms with E-state index >= 15 is 0 Å². The number of aliphatic imine (C=N–C) groups is 1. The molecule has 32 heavy (non-hydrogen) atoms. The summed E-state index contributed by atoms with van der Waals surface area (Å²) >= 11 is 8.14. The van der Waals surface area contributed by atoms with Crippen LogP contribution in [-0.2, 0) is 14.3 Å². The number of ether oxygens (including phenoxy) is 2. The molecule has 0 N–H and O–H groups in total. The summed E-state index contributed by atoms with van der Waals surface area (Å²) in [6, 6.07) is 9.36. The van der Waals surface area contributed by atoms with Crippen molar-refractivity contribution in [3.63, 3.8) is 0 Å². The molecule has 0 aliphatic carbocycles. The molecule has 1 aliphatic heterocycles. The zero-order chi connectivity index (χ0) is 23.3. The van der Waals surface area contributed by atoms with Gasteiger partial charge in [-0.05, 0) is 106 Å². The zero-order valence-electron chi connectivity index (χ0n) is 17.2. The van der Waals surface area contributed by atoms with Gasteiger partial charge in [0.2, 0.25) is 0 Å². The first-order valence-electron chi connectivity index (χ1n) is 9.65. The number of nitrogens with zero attached hydrogens (tertiary/aromatic N) is 2. The molecule has 3 rings (SSSR count). The van der Waals surface area contributed by atoms with E-state index in [0.717, 1.165) is 5.56 Å². The molecule has 0 saturated carbocycles. The predicted molar refractivity (Wildman–Crippen MR) is 130 cm³/mol. The van der Waals surface area contributed by atoms with Gasteiger partial charge in [0.05, 0.1) is 26.1 Å². The first-order valence-corrected chi connectivity index (χ1v) is 12.1. The Morgan fingerprint density at radius 3 is 2.44 bits per heavy atom. The Kier molecular flexibility index (Phi) is 8.50. The molecule has 6 nitrogen and oxygen atoms in total. The van der Waals surface area contributed by atoms with Crippen molar-refractivity contribution in [2.75, 3.05) is 19.8 Å². The standard InChI is InChI=1S/C22H19Br2FN2O4S/c1-3-27-21(29)18(32-22(27)26-15-7-5-14(25)6-8-15)11-13-9-16(23)20(17(24)10-13)31-12-19(28)30-4-2/h5-11H,3-4,12H2,1-2H3/b18-11+,26-22?. The number of carbonyl (C=O) groups excluding carboxylic acids is 2. The lowest BCUT2D eigenvalue weighted by molar-refractivity contribution is -0.145. The van der Waals surface area contributed by atoms with Crippen LogP contribution in [0.5, 0.6) is 5.75 Å². The number of likely N-dealkylation sites (N-methyl/N-ethyl adjacent to an activating group) is 1. The second-order valence-electron chi connectivity index (χ2n) is 6.44. The van der Waals surface area contributed by atoms with Gasteiger partial charge in [0, 0.05) is 6.54 Å². The molecule has 1 amide bonds. The minimum Gasteiger partial charge on any atom is -0.480 e. The number of amidine groups is 1. The molecule has 1 fully saturated rings. The van der Waals surface area contributed by atoms with Gasteiger partial charge in [0.15, 0.2) is 11.8 Å². The summed E-state index contributed by atoms with van der Waals surface area (Å²) in [6.07, 6.45) is 1.76. The highest BCUT2D eigenvalue weighted by Crippen LogP contribution is 2.38. The molecule has 1 aliphatic rings. The Bertz CT molecular complexity index is 1070. The molecule has 2 aromatic rings. The van der Waals surface area contributed by atoms with E-state index in [4.69, 9.17) is 9.47 Å². The number of hydrogen-bond acceptors (Lipinski definition) is 6. The fraction of sp³-hybridized carbons (Fsp3) is 0.227. The highest BCUT2D eigenvalue weighted by atomic mass is 79.9. The number of thioether (sulfide) groups is 1. The van der Waals surface area contributed by atoms with Gasteiger partial charge in [-0.1, -0.05) is 0 Å². The lowest BCUT2D eigenvalue weighted by Crippen LogP contribution is -2.28. The normalized spacial score (nSPS) is 16.2. The Balaban J connectivity index is 1.83. The van der Waals surface area contributed by atoms with Gasteiger partial charge in [-0.25, -0.2) is 14.2 Å². The van der Waals surface area contributed by atoms with Crippen molar-refractivity contribution in [1.82, 2.24) is 4.90 Å². The van der Waals surface area contributed by atoms with Gasteiger partial charge in [-0.3, -0.25) is 9.69 Å². The summed E-state index contributed by atoms with van der Waals surface area (Å²) in [6.45, 7) is 4.12. The number of benzene rings is 2. The molecule has 1 heterocycles. The van der Waals surface area contributed by atoms with Crippen molar-refractivity contribution in [2.24, 2.45) is 4.99 Å². The van der Waals surface area contributed by atoms with Crippen molar-refractivity contribution in [1.29, 1.82) is 0 Å². The third-order valence-electron chi connectivity index (χ3n) is 4.21. The van der Waals surface area contributed by atoms with E-state index in [2.05, 4.69) is 36.9 Å². The Hall–Kier alpha value is -2.17. The molecule has 0 atom stereocenters. The summed E-state index contributed by atoms with van der Waals surface area (Å²) in [5.74, 6) is -0.506. The summed E-state index contributed by atoms with van der Waals surface area (Å²) in [7, 11) is 0. The molecule has 0 radical (unpaired) electrons. The zero-order valence-corrected chi connectivity index (χ0v) is 21.2. The van der Waals surface area contributed by atoms with Gasteiger partial charge < -0.3 is 9.47 Å². The minimum atomic E-state index is -0.460. The van der Waals surface area contributed by atoms with E-state index < -0.39 is 5.97 Å². The van der Waals surface area contributed by atoms with Crippen molar-refractivity contribution < 1.29 is 23.5 Å². The summed E-state index contributed by atoms with van der Waals surface area (Å²) in [5.41, 5.74) is 1.32. The van der Waals surface area contributed by atoms with E-state index in [0.29, 0.717) is 37.0 Å². The van der Waals surface area contributed by atoms with Gasteiger partial charge in [0.1, 0.15) is 11.6 Å². The maximum Gasteiger partial charge on any atom is 0.344 e. The molecule has 1 saturated heterocycles. The molecule has 0 aromatic heterocycles. The van der Waals surface area contributed by atoms with E-state index in [-0.39, 0.29) is 24.9 Å². The molecular weight excluding hydrogens is 567 g/mol. The lowest BCUT2D eigenvalue weighted by Gasteiger charge is -2.12. The SMILES string of the molecule is CCOC(=O)COc1c(Br)cc(/C=C2/SC(=Nc3ccc(F)cc3)N(CC)C2=O)cc1Br. The molecular formula is C22H19Br2FN2O4S. The van der Waals surface area contributed by atoms with Gasteiger partial charge in [0.25, 0.3) is 5.91 Å². The van der Waals surface area contributed by atoms with Gasteiger partial charge in [-0.2, -0.15) is 0 Å². The Morgan fingerprint density at radius 2 is 1.84 bits per heavy atom. The quantitative estimate of drug-likeness (QED) is 0.298. The average Bonchev–Trinajstić information content (AvgIpc) is 3.03. The van der Waals surface area contributed by atoms with Crippen molar-refractivity contribution >= 4 is 72.4 Å². The van der Waals surface area contributed by atoms with Crippen LogP contribution in [0.3, 0.4) is 0 Å². The van der Waals surface area contributed by atoms with Crippen LogP contribution in [-0.4, -0.2) is 41.7 Å². The van der Waals surface area contributed by atoms with Crippen molar-refractivity contribution in [2.45, 2.75) is 13.8 Å². The lowest BCUT2D eigenvalue weighted by atomic mass is 10.2. The molecule has 0 unspecified atom stereocenters. The second kappa shape index (κ2) is 11.1. The van der Waals surface area contributed by atoms with Crippen LogP contribution in [0.1, 0.15) is 19.4 Å². The summed E-state index contributed by atoms with van der Waals surface area (Å²) < 4.78 is 24.8. The van der Waals surface area contributed by atoms with Gasteiger partial charge in [-0.15, -0.1) is 0 Å². The fourth-order valence-electron chi connectivity index (χ4n) is 2.78. The second-order valence-corrected chi connectivity index (χ2v) is 9.16. The van der Waals surface area contributed by atoms with Crippen LogP contribution in [0.15, 0.2) is 55.2 Å². The first kappa shape index (κ1) is 24.5. The molecule has 10 heteroatoms. The largest absolute Gasteiger partial charge is 0.480 e. The third kappa shape index (κ3) is 5.99. The summed E-state index contributed by atoms with van der Waals surface area (Å²) in [5, 5.41) is 0.530. The Labute approximate surface area is 206 Å². The van der Waals surface area contributed by atoms with Crippen LogP contribution in [0.4, 0.5) is 10.1 Å². The van der Waals surface area contributed by atoms with E-state index in [9.17, 15) is 14.0 Å². The van der Waals surface area contributed by atoms with E-state index in [1.54, 1.807) is 42.2 Å². The molecule has 168 valence electrons. The number of halogens is 3. The average molecular weight is 586 g/mol. The molecule has 0 bridgehead atoms. The predicted octanol–water partition coefficient (Wildman–Crippen LogP) is 5.92. The monoisotopic (exact) mass is 584 g/mol. The Morgan fingerprint density at radius 1 is 1.19 bits per heavy atom. The number of carbonyl (C=O) groups is 2. The smallest absolute Gasteiger partial charge is 0.344 e. The van der Waals surface area contributed by atoms with Crippen LogP contribution in [0.25, 0.3) is 6.08 Å². The van der Waals surface area contributed by atoms with Crippen LogP contribution in [0, 0.1) is 5.82 Å². The number of amides is 1. The number of esters is 1. The molecule has 0 spiro atoms. The summed E-state index contributed by atoms with van der Waals surface area (Å²) in [4.78, 5) is 31.0. The van der Waals surface area contributed by atoms with Crippen molar-refractivity contribution in [3.05, 3.63) is 61.6 Å². The third-order valence-corrected chi connectivity index (χ3v) is 6.40. The number of rotatable bonds is 7. The van der Waals surface area contributed by atoms with Crippen LogP contribution >= 0.6 is 43.6 Å². The van der Waals surface area contributed by atoms with Crippen LogP contribution < -0.4 is 4.74 Å². The highest BCUT2D eigenvalue weighted by Gasteiger charge is 2.32. The van der Waals surface area contributed by atoms with Gasteiger partial charge >= 0.3 is 5.97 Å². The maximum absolute atomic E-state index is 13.2. The van der Waals surface area contributed by atoms with Crippen LogP contribution in [0.2, 0.25) is 0 Å². The highest BCUT2D eigenvalue weighted by molar-refractivity contribution is 9.11.